The number of benzene rings is 1. The number of aromatic hydroxyl groups is 1. The van der Waals surface area contributed by atoms with Gasteiger partial charge in [-0.3, -0.25) is 0 Å². The summed E-state index contributed by atoms with van der Waals surface area (Å²) in [6, 6.07) is 4.05. The average Bonchev–Trinajstić information content (AvgIpc) is 2.12. The summed E-state index contributed by atoms with van der Waals surface area (Å²) in [6.07, 6.45) is 1.18. The van der Waals surface area contributed by atoms with E-state index < -0.39 is 0 Å². The maximum atomic E-state index is 9.75. The van der Waals surface area contributed by atoms with Crippen LogP contribution < -0.4 is 0 Å². The van der Waals surface area contributed by atoms with Crippen LogP contribution in [0.15, 0.2) is 12.1 Å². The highest BCUT2D eigenvalue weighted by Gasteiger charge is 2.18. The van der Waals surface area contributed by atoms with E-state index in [1.54, 1.807) is 0 Å². The average molecular weight is 178 g/mol. The quantitative estimate of drug-likeness (QED) is 0.659. The molecule has 1 N–H and O–H groups in total. The molecule has 0 bridgehead atoms. The van der Waals surface area contributed by atoms with E-state index >= 15 is 0 Å². The number of phenolic OH excluding ortho intramolecular Hbond substituents is 1. The first-order chi connectivity index (χ1) is 6.18. The predicted molar refractivity (Wildman–Crippen MR) is 50.8 cm³/mol. The Morgan fingerprint density at radius 2 is 2.23 bits per heavy atom. The third-order valence-corrected chi connectivity index (χ3v) is 2.60. The fraction of sp³-hybridized carbons (Fsp3) is 0.455. The third-order valence-electron chi connectivity index (χ3n) is 2.60. The molecule has 0 fully saturated rings. The van der Waals surface area contributed by atoms with Crippen molar-refractivity contribution in [3.8, 4) is 5.75 Å². The molecule has 1 aliphatic rings. The summed E-state index contributed by atoms with van der Waals surface area (Å²) < 4.78 is 5.48. The molecule has 0 spiro atoms. The second-order valence-corrected chi connectivity index (χ2v) is 3.69. The number of ether oxygens (including phenoxy) is 1. The molecule has 2 rings (SSSR count). The highest BCUT2D eigenvalue weighted by molar-refractivity contribution is 5.45. The van der Waals surface area contributed by atoms with Crippen LogP contribution in [0.2, 0.25) is 0 Å². The molecule has 0 aromatic heterocycles. The SMILES string of the molecule is Cc1ccc2c(c1O)CO[C@H](C)C2. The summed E-state index contributed by atoms with van der Waals surface area (Å²) in [6.45, 7) is 4.51. The predicted octanol–water partition coefficient (Wildman–Crippen LogP) is 2.16. The lowest BCUT2D eigenvalue weighted by molar-refractivity contribution is 0.0396. The molecule has 1 aromatic rings. The Labute approximate surface area is 78.2 Å². The summed E-state index contributed by atoms with van der Waals surface area (Å²) in [5.74, 6) is 0.407. The Bertz CT molecular complexity index is 331. The van der Waals surface area contributed by atoms with E-state index in [1.165, 1.54) is 5.56 Å². The van der Waals surface area contributed by atoms with Crippen LogP contribution in [0.3, 0.4) is 0 Å². The second-order valence-electron chi connectivity index (χ2n) is 3.69. The Morgan fingerprint density at radius 1 is 1.46 bits per heavy atom. The molecule has 70 valence electrons. The molecule has 0 aliphatic carbocycles. The number of aryl methyl sites for hydroxylation is 1. The van der Waals surface area contributed by atoms with Gasteiger partial charge < -0.3 is 9.84 Å². The van der Waals surface area contributed by atoms with E-state index in [4.69, 9.17) is 4.74 Å². The Morgan fingerprint density at radius 3 is 3.00 bits per heavy atom. The van der Waals surface area contributed by atoms with Gasteiger partial charge in [0.15, 0.2) is 0 Å². The molecule has 0 radical (unpaired) electrons. The molecule has 0 unspecified atom stereocenters. The zero-order chi connectivity index (χ0) is 9.42. The minimum atomic E-state index is 0.273. The summed E-state index contributed by atoms with van der Waals surface area (Å²) in [5.41, 5.74) is 3.12. The Kier molecular flexibility index (Phi) is 2.00. The van der Waals surface area contributed by atoms with Crippen LogP contribution >= 0.6 is 0 Å². The molecule has 1 aromatic carbocycles. The van der Waals surface area contributed by atoms with Crippen LogP contribution in [0.4, 0.5) is 0 Å². The van der Waals surface area contributed by atoms with Crippen molar-refractivity contribution in [2.24, 2.45) is 0 Å². The van der Waals surface area contributed by atoms with Crippen molar-refractivity contribution in [1.82, 2.24) is 0 Å². The van der Waals surface area contributed by atoms with Gasteiger partial charge in [0.05, 0.1) is 12.7 Å². The maximum Gasteiger partial charge on any atom is 0.124 e. The van der Waals surface area contributed by atoms with Gasteiger partial charge in [-0.25, -0.2) is 0 Å². The number of phenols is 1. The van der Waals surface area contributed by atoms with E-state index in [-0.39, 0.29) is 6.10 Å². The number of hydrogen-bond donors (Lipinski definition) is 1. The third kappa shape index (κ3) is 1.42. The molecular weight excluding hydrogens is 164 g/mol. The van der Waals surface area contributed by atoms with Crippen LogP contribution in [-0.2, 0) is 17.8 Å². The van der Waals surface area contributed by atoms with Crippen molar-refractivity contribution in [2.45, 2.75) is 33.0 Å². The van der Waals surface area contributed by atoms with Crippen molar-refractivity contribution in [1.29, 1.82) is 0 Å². The van der Waals surface area contributed by atoms with E-state index in [0.29, 0.717) is 12.4 Å². The largest absolute Gasteiger partial charge is 0.507 e. The highest BCUT2D eigenvalue weighted by Crippen LogP contribution is 2.30. The van der Waals surface area contributed by atoms with Gasteiger partial charge in [0.25, 0.3) is 0 Å². The van der Waals surface area contributed by atoms with Crippen molar-refractivity contribution >= 4 is 0 Å². The number of hydrogen-bond acceptors (Lipinski definition) is 2. The first-order valence-electron chi connectivity index (χ1n) is 4.60. The van der Waals surface area contributed by atoms with E-state index in [0.717, 1.165) is 17.5 Å². The van der Waals surface area contributed by atoms with Gasteiger partial charge in [-0.15, -0.1) is 0 Å². The summed E-state index contributed by atoms with van der Waals surface area (Å²) >= 11 is 0. The highest BCUT2D eigenvalue weighted by atomic mass is 16.5. The van der Waals surface area contributed by atoms with Gasteiger partial charge in [0.1, 0.15) is 5.75 Å². The molecule has 0 saturated carbocycles. The van der Waals surface area contributed by atoms with Gasteiger partial charge in [-0.2, -0.15) is 0 Å². The first kappa shape index (κ1) is 8.57. The van der Waals surface area contributed by atoms with Crippen LogP contribution in [0.5, 0.6) is 5.75 Å². The van der Waals surface area contributed by atoms with Crippen molar-refractivity contribution in [2.75, 3.05) is 0 Å². The van der Waals surface area contributed by atoms with Gasteiger partial charge in [0, 0.05) is 5.56 Å². The summed E-state index contributed by atoms with van der Waals surface area (Å²) in [5, 5.41) is 9.75. The number of fused-ring (bicyclic) bond motifs is 1. The molecule has 1 heterocycles. The maximum absolute atomic E-state index is 9.75. The van der Waals surface area contributed by atoms with Gasteiger partial charge >= 0.3 is 0 Å². The Hall–Kier alpha value is -1.02. The molecule has 13 heavy (non-hydrogen) atoms. The van der Waals surface area contributed by atoms with Crippen LogP contribution in [0, 0.1) is 6.92 Å². The molecule has 0 amide bonds. The standard InChI is InChI=1S/C11H14O2/c1-7-3-4-9-5-8(2)13-6-10(9)11(7)12/h3-4,8,12H,5-6H2,1-2H3/t8-/m1/s1. The monoisotopic (exact) mass is 178 g/mol. The minimum Gasteiger partial charge on any atom is -0.507 e. The lowest BCUT2D eigenvalue weighted by Gasteiger charge is -2.23. The van der Waals surface area contributed by atoms with E-state index in [2.05, 4.69) is 13.0 Å². The molecule has 1 aliphatic heterocycles. The summed E-state index contributed by atoms with van der Waals surface area (Å²) in [7, 11) is 0. The lowest BCUT2D eigenvalue weighted by Crippen LogP contribution is -2.19. The normalized spacial score (nSPS) is 21.2. The first-order valence-corrected chi connectivity index (χ1v) is 4.60. The fourth-order valence-electron chi connectivity index (χ4n) is 1.74. The topological polar surface area (TPSA) is 29.5 Å². The zero-order valence-electron chi connectivity index (χ0n) is 8.00. The van der Waals surface area contributed by atoms with Gasteiger partial charge in [-0.1, -0.05) is 12.1 Å². The second kappa shape index (κ2) is 3.04. The summed E-state index contributed by atoms with van der Waals surface area (Å²) in [4.78, 5) is 0. The van der Waals surface area contributed by atoms with Crippen LogP contribution in [0.25, 0.3) is 0 Å². The minimum absolute atomic E-state index is 0.273. The van der Waals surface area contributed by atoms with Gasteiger partial charge in [0.2, 0.25) is 0 Å². The van der Waals surface area contributed by atoms with Crippen LogP contribution in [0.1, 0.15) is 23.6 Å². The van der Waals surface area contributed by atoms with Crippen molar-refractivity contribution < 1.29 is 9.84 Å². The van der Waals surface area contributed by atoms with Crippen molar-refractivity contribution in [3.05, 3.63) is 28.8 Å². The van der Waals surface area contributed by atoms with Crippen molar-refractivity contribution in [3.63, 3.8) is 0 Å². The molecule has 1 atom stereocenters. The molecule has 2 heteroatoms. The number of rotatable bonds is 0. The Balaban J connectivity index is 2.47. The molecule has 2 nitrogen and oxygen atoms in total. The van der Waals surface area contributed by atoms with Crippen LogP contribution in [-0.4, -0.2) is 11.2 Å². The van der Waals surface area contributed by atoms with E-state index in [9.17, 15) is 5.11 Å². The zero-order valence-corrected chi connectivity index (χ0v) is 8.00. The smallest absolute Gasteiger partial charge is 0.124 e. The molecule has 0 saturated heterocycles. The lowest BCUT2D eigenvalue weighted by atomic mass is 9.97. The molecular formula is C11H14O2. The fourth-order valence-corrected chi connectivity index (χ4v) is 1.74. The van der Waals surface area contributed by atoms with E-state index in [1.807, 2.05) is 13.0 Å². The van der Waals surface area contributed by atoms with Gasteiger partial charge in [-0.05, 0) is 31.4 Å².